The van der Waals surface area contributed by atoms with Gasteiger partial charge >= 0.3 is 0 Å². The van der Waals surface area contributed by atoms with Crippen molar-refractivity contribution in [3.05, 3.63) is 70.8 Å². The SMILES string of the molecule is Cc1ccc(/[C]=N\OCc2cc(F)cc(F)c2)cc1. The third kappa shape index (κ3) is 4.17. The van der Waals surface area contributed by atoms with Gasteiger partial charge in [-0.05, 0) is 24.6 Å². The predicted molar refractivity (Wildman–Crippen MR) is 68.9 cm³/mol. The van der Waals surface area contributed by atoms with E-state index >= 15 is 0 Å². The molecule has 19 heavy (non-hydrogen) atoms. The van der Waals surface area contributed by atoms with Gasteiger partial charge in [0.2, 0.25) is 0 Å². The van der Waals surface area contributed by atoms with Crippen molar-refractivity contribution in [2.75, 3.05) is 0 Å². The molecule has 0 unspecified atom stereocenters. The van der Waals surface area contributed by atoms with Crippen LogP contribution in [0.1, 0.15) is 16.7 Å². The third-order valence-electron chi connectivity index (χ3n) is 2.44. The zero-order chi connectivity index (χ0) is 13.7. The van der Waals surface area contributed by atoms with Gasteiger partial charge in [0, 0.05) is 11.6 Å². The van der Waals surface area contributed by atoms with Crippen molar-refractivity contribution in [1.82, 2.24) is 0 Å². The van der Waals surface area contributed by atoms with Crippen molar-refractivity contribution in [2.45, 2.75) is 13.5 Å². The molecule has 1 radical (unpaired) electrons. The fraction of sp³-hybridized carbons (Fsp3) is 0.133. The van der Waals surface area contributed by atoms with E-state index in [1.54, 1.807) is 0 Å². The molecule has 0 saturated carbocycles. The van der Waals surface area contributed by atoms with E-state index in [4.69, 9.17) is 4.84 Å². The van der Waals surface area contributed by atoms with Gasteiger partial charge in [0.15, 0.2) is 0 Å². The second kappa shape index (κ2) is 6.09. The van der Waals surface area contributed by atoms with E-state index in [9.17, 15) is 8.78 Å². The van der Waals surface area contributed by atoms with Crippen LogP contribution in [0, 0.1) is 18.6 Å². The largest absolute Gasteiger partial charge is 0.390 e. The standard InChI is InChI=1S/C15H12F2NO/c1-11-2-4-12(5-3-11)9-18-19-10-13-6-14(16)8-15(17)7-13/h2-8H,10H2,1H3. The highest BCUT2D eigenvalue weighted by Gasteiger charge is 2.00. The van der Waals surface area contributed by atoms with Crippen molar-refractivity contribution in [3.8, 4) is 0 Å². The molecule has 0 heterocycles. The van der Waals surface area contributed by atoms with Crippen molar-refractivity contribution < 1.29 is 13.6 Å². The Kier molecular flexibility index (Phi) is 4.23. The number of nitrogens with zero attached hydrogens (tertiary/aromatic N) is 1. The highest BCUT2D eigenvalue weighted by molar-refractivity contribution is 5.79. The molecular formula is C15H12F2NO. The van der Waals surface area contributed by atoms with Crippen molar-refractivity contribution in [3.63, 3.8) is 0 Å². The lowest BCUT2D eigenvalue weighted by molar-refractivity contribution is 0.131. The maximum absolute atomic E-state index is 12.9. The molecule has 0 bridgehead atoms. The lowest BCUT2D eigenvalue weighted by Crippen LogP contribution is -1.91. The summed E-state index contributed by atoms with van der Waals surface area (Å²) in [5.41, 5.74) is 2.30. The second-order valence-electron chi connectivity index (χ2n) is 4.12. The van der Waals surface area contributed by atoms with Crippen molar-refractivity contribution in [2.24, 2.45) is 5.16 Å². The van der Waals surface area contributed by atoms with Crippen LogP contribution in [-0.4, -0.2) is 6.21 Å². The molecule has 0 N–H and O–H groups in total. The van der Waals surface area contributed by atoms with E-state index in [1.807, 2.05) is 31.2 Å². The summed E-state index contributed by atoms with van der Waals surface area (Å²) in [5, 5.41) is 3.63. The molecule has 2 rings (SSSR count). The van der Waals surface area contributed by atoms with Crippen LogP contribution in [0.2, 0.25) is 0 Å². The molecular weight excluding hydrogens is 248 g/mol. The Morgan fingerprint density at radius 2 is 1.68 bits per heavy atom. The monoisotopic (exact) mass is 260 g/mol. The molecule has 0 aliphatic heterocycles. The average molecular weight is 260 g/mol. The average Bonchev–Trinajstić information content (AvgIpc) is 2.36. The van der Waals surface area contributed by atoms with Crippen LogP contribution in [0.5, 0.6) is 0 Å². The van der Waals surface area contributed by atoms with Crippen LogP contribution in [-0.2, 0) is 11.4 Å². The van der Waals surface area contributed by atoms with Gasteiger partial charge in [-0.15, -0.1) is 0 Å². The number of benzene rings is 2. The van der Waals surface area contributed by atoms with Gasteiger partial charge in [-0.1, -0.05) is 35.0 Å². The molecule has 97 valence electrons. The van der Waals surface area contributed by atoms with Gasteiger partial charge < -0.3 is 4.84 Å². The zero-order valence-corrected chi connectivity index (χ0v) is 10.4. The third-order valence-corrected chi connectivity index (χ3v) is 2.44. The molecule has 0 saturated heterocycles. The van der Waals surface area contributed by atoms with Crippen LogP contribution >= 0.6 is 0 Å². The maximum atomic E-state index is 12.9. The van der Waals surface area contributed by atoms with Crippen LogP contribution in [0.15, 0.2) is 47.6 Å². The van der Waals surface area contributed by atoms with Crippen molar-refractivity contribution >= 4 is 6.21 Å². The lowest BCUT2D eigenvalue weighted by atomic mass is 10.2. The smallest absolute Gasteiger partial charge is 0.142 e. The van der Waals surface area contributed by atoms with E-state index in [2.05, 4.69) is 11.4 Å². The van der Waals surface area contributed by atoms with Gasteiger partial charge in [-0.2, -0.15) is 0 Å². The van der Waals surface area contributed by atoms with Gasteiger partial charge in [0.25, 0.3) is 0 Å². The summed E-state index contributed by atoms with van der Waals surface area (Å²) in [7, 11) is 0. The molecule has 0 amide bonds. The van der Waals surface area contributed by atoms with Gasteiger partial charge in [-0.3, -0.25) is 0 Å². The van der Waals surface area contributed by atoms with E-state index in [0.717, 1.165) is 17.2 Å². The molecule has 2 nitrogen and oxygen atoms in total. The molecule has 0 aliphatic carbocycles. The molecule has 2 aromatic rings. The van der Waals surface area contributed by atoms with Crippen LogP contribution in [0.25, 0.3) is 0 Å². The fourth-order valence-electron chi connectivity index (χ4n) is 1.51. The highest BCUT2D eigenvalue weighted by atomic mass is 19.1. The minimum absolute atomic E-state index is 0.00641. The Labute approximate surface area is 110 Å². The molecule has 0 fully saturated rings. The normalized spacial score (nSPS) is 10.9. The Hall–Kier alpha value is -2.23. The summed E-state index contributed by atoms with van der Waals surface area (Å²) in [5.74, 6) is -1.27. The van der Waals surface area contributed by atoms with E-state index in [-0.39, 0.29) is 6.61 Å². The maximum Gasteiger partial charge on any atom is 0.142 e. The first-order valence-electron chi connectivity index (χ1n) is 5.73. The predicted octanol–water partition coefficient (Wildman–Crippen LogP) is 3.70. The van der Waals surface area contributed by atoms with Gasteiger partial charge in [0.1, 0.15) is 24.5 Å². The number of aryl methyl sites for hydroxylation is 1. The molecule has 2 aromatic carbocycles. The lowest BCUT2D eigenvalue weighted by Gasteiger charge is -2.00. The minimum atomic E-state index is -0.634. The fourth-order valence-corrected chi connectivity index (χ4v) is 1.51. The Morgan fingerprint density at radius 3 is 2.32 bits per heavy atom. The zero-order valence-electron chi connectivity index (χ0n) is 10.4. The summed E-state index contributed by atoms with van der Waals surface area (Å²) in [6, 6.07) is 10.8. The highest BCUT2D eigenvalue weighted by Crippen LogP contribution is 2.09. The van der Waals surface area contributed by atoms with Crippen LogP contribution in [0.4, 0.5) is 8.78 Å². The minimum Gasteiger partial charge on any atom is -0.390 e. The first-order chi connectivity index (χ1) is 9.13. The van der Waals surface area contributed by atoms with Gasteiger partial charge in [-0.25, -0.2) is 8.78 Å². The van der Waals surface area contributed by atoms with Gasteiger partial charge in [0.05, 0.1) is 0 Å². The Balaban J connectivity index is 1.91. The molecule has 0 aliphatic rings. The van der Waals surface area contributed by atoms with Crippen molar-refractivity contribution in [1.29, 1.82) is 0 Å². The van der Waals surface area contributed by atoms with Crippen LogP contribution in [0.3, 0.4) is 0 Å². The van der Waals surface area contributed by atoms with E-state index in [0.29, 0.717) is 5.56 Å². The summed E-state index contributed by atoms with van der Waals surface area (Å²) < 4.78 is 25.8. The summed E-state index contributed by atoms with van der Waals surface area (Å²) >= 11 is 0. The molecule has 0 atom stereocenters. The first kappa shape index (κ1) is 13.2. The molecule has 4 heteroatoms. The summed E-state index contributed by atoms with van der Waals surface area (Å²) in [4.78, 5) is 4.94. The molecule has 0 spiro atoms. The number of hydrogen-bond acceptors (Lipinski definition) is 2. The van der Waals surface area contributed by atoms with E-state index in [1.165, 1.54) is 12.1 Å². The summed E-state index contributed by atoms with van der Waals surface area (Å²) in [6.07, 6.45) is 2.69. The Morgan fingerprint density at radius 1 is 1.05 bits per heavy atom. The first-order valence-corrected chi connectivity index (χ1v) is 5.73. The summed E-state index contributed by atoms with van der Waals surface area (Å²) in [6.45, 7) is 1.98. The number of hydrogen-bond donors (Lipinski definition) is 0. The second-order valence-corrected chi connectivity index (χ2v) is 4.12. The van der Waals surface area contributed by atoms with Crippen LogP contribution < -0.4 is 0 Å². The molecule has 0 aromatic heterocycles. The van der Waals surface area contributed by atoms with E-state index < -0.39 is 11.6 Å². The number of halogens is 2. The Bertz CT molecular complexity index is 559. The number of rotatable bonds is 4. The topological polar surface area (TPSA) is 21.6 Å². The quantitative estimate of drug-likeness (QED) is 0.606.